The number of nitrogens with zero attached hydrogens (tertiary/aromatic N) is 1. The molecule has 9 heteroatoms. The summed E-state index contributed by atoms with van der Waals surface area (Å²) in [5.74, 6) is 0. The number of hydrogen-bond acceptors (Lipinski definition) is 5. The van der Waals surface area contributed by atoms with E-state index in [-0.39, 0.29) is 4.21 Å². The summed E-state index contributed by atoms with van der Waals surface area (Å²) in [5.41, 5.74) is 0. The van der Waals surface area contributed by atoms with Gasteiger partial charge in [0.05, 0.1) is 8.81 Å². The second kappa shape index (κ2) is 7.53. The van der Waals surface area contributed by atoms with Crippen LogP contribution in [-0.4, -0.2) is 52.6 Å². The lowest BCUT2D eigenvalue weighted by Gasteiger charge is -2.26. The summed E-state index contributed by atoms with van der Waals surface area (Å²) in [6.45, 7) is 5.43. The molecule has 1 aliphatic rings. The molecule has 20 heavy (non-hydrogen) atoms. The Labute approximate surface area is 136 Å². The van der Waals surface area contributed by atoms with Crippen LogP contribution in [0.2, 0.25) is 5.02 Å². The van der Waals surface area contributed by atoms with Gasteiger partial charge in [0.1, 0.15) is 4.21 Å². The van der Waals surface area contributed by atoms with Crippen molar-refractivity contribution in [2.75, 3.05) is 39.3 Å². The second-order valence-electron chi connectivity index (χ2n) is 4.53. The third kappa shape index (κ3) is 4.66. The van der Waals surface area contributed by atoms with Gasteiger partial charge in [-0.1, -0.05) is 11.6 Å². The lowest BCUT2D eigenvalue weighted by Crippen LogP contribution is -2.44. The van der Waals surface area contributed by atoms with Crippen LogP contribution in [0.4, 0.5) is 0 Å². The van der Waals surface area contributed by atoms with E-state index in [1.165, 1.54) is 6.07 Å². The summed E-state index contributed by atoms with van der Waals surface area (Å²) < 4.78 is 27.6. The Bertz CT molecular complexity index is 524. The van der Waals surface area contributed by atoms with E-state index in [9.17, 15) is 8.42 Å². The van der Waals surface area contributed by atoms with Gasteiger partial charge in [-0.2, -0.15) is 0 Å². The molecule has 2 N–H and O–H groups in total. The number of sulfonamides is 1. The molecule has 0 aliphatic carbocycles. The Balaban J connectivity index is 1.77. The molecular weight excluding hydrogens is 386 g/mol. The third-order valence-corrected chi connectivity index (χ3v) is 7.45. The highest BCUT2D eigenvalue weighted by atomic mass is 79.9. The van der Waals surface area contributed by atoms with Crippen molar-refractivity contribution in [1.29, 1.82) is 0 Å². The predicted octanol–water partition coefficient (Wildman–Crippen LogP) is 1.74. The first-order valence-corrected chi connectivity index (χ1v) is 9.84. The van der Waals surface area contributed by atoms with E-state index in [0.717, 1.165) is 50.5 Å². The number of rotatable bonds is 6. The maximum absolute atomic E-state index is 12.0. The van der Waals surface area contributed by atoms with Gasteiger partial charge < -0.3 is 10.2 Å². The van der Waals surface area contributed by atoms with Crippen LogP contribution >= 0.6 is 38.9 Å². The molecule has 0 amide bonds. The molecule has 1 saturated heterocycles. The average molecular weight is 403 g/mol. The molecule has 2 rings (SSSR count). The van der Waals surface area contributed by atoms with E-state index in [0.29, 0.717) is 15.4 Å². The fraction of sp³-hybridized carbons (Fsp3) is 0.636. The summed E-state index contributed by atoms with van der Waals surface area (Å²) in [7, 11) is -3.44. The van der Waals surface area contributed by atoms with E-state index >= 15 is 0 Å². The Hall–Kier alpha value is 0.300. The molecule has 0 atom stereocenters. The summed E-state index contributed by atoms with van der Waals surface area (Å²) in [6, 6.07) is 1.47. The van der Waals surface area contributed by atoms with E-state index < -0.39 is 10.0 Å². The molecule has 0 spiro atoms. The van der Waals surface area contributed by atoms with Crippen molar-refractivity contribution >= 4 is 48.9 Å². The van der Waals surface area contributed by atoms with Crippen molar-refractivity contribution in [3.8, 4) is 0 Å². The fourth-order valence-corrected chi connectivity index (χ4v) is 5.49. The zero-order chi connectivity index (χ0) is 14.6. The lowest BCUT2D eigenvalue weighted by atomic mass is 10.3. The van der Waals surface area contributed by atoms with Crippen LogP contribution in [0, 0.1) is 0 Å². The minimum absolute atomic E-state index is 0.247. The van der Waals surface area contributed by atoms with Crippen molar-refractivity contribution in [2.24, 2.45) is 0 Å². The summed E-state index contributed by atoms with van der Waals surface area (Å²) in [6.07, 6.45) is 0.805. The number of nitrogens with one attached hydrogen (secondary N) is 2. The van der Waals surface area contributed by atoms with Gasteiger partial charge in [-0.3, -0.25) is 0 Å². The van der Waals surface area contributed by atoms with Crippen molar-refractivity contribution in [3.63, 3.8) is 0 Å². The lowest BCUT2D eigenvalue weighted by molar-refractivity contribution is 0.239. The maximum atomic E-state index is 12.0. The Morgan fingerprint density at radius 3 is 2.75 bits per heavy atom. The zero-order valence-electron chi connectivity index (χ0n) is 10.9. The minimum Gasteiger partial charge on any atom is -0.314 e. The molecule has 1 fully saturated rings. The quantitative estimate of drug-likeness (QED) is 0.712. The molecule has 1 aliphatic heterocycles. The van der Waals surface area contributed by atoms with Gasteiger partial charge in [0.2, 0.25) is 10.0 Å². The van der Waals surface area contributed by atoms with Crippen LogP contribution in [-0.2, 0) is 10.0 Å². The number of halogens is 2. The summed E-state index contributed by atoms with van der Waals surface area (Å²) >= 11 is 10.2. The normalized spacial score (nSPS) is 17.5. The molecule has 1 aromatic heterocycles. The molecule has 0 saturated carbocycles. The van der Waals surface area contributed by atoms with Crippen LogP contribution in [0.15, 0.2) is 14.1 Å². The summed E-state index contributed by atoms with van der Waals surface area (Å²) in [4.78, 5) is 2.34. The van der Waals surface area contributed by atoms with Gasteiger partial charge in [0.15, 0.2) is 0 Å². The van der Waals surface area contributed by atoms with Crippen LogP contribution in [0.25, 0.3) is 0 Å². The standard InChI is InChI=1S/C11H17BrClN3O2S2/c12-11-9(13)8-10(19-11)20(17,18)15-2-1-5-16-6-3-14-4-7-16/h8,14-15H,1-7H2. The first kappa shape index (κ1) is 16.7. The number of hydrogen-bond donors (Lipinski definition) is 2. The molecule has 0 radical (unpaired) electrons. The van der Waals surface area contributed by atoms with Crippen molar-refractivity contribution < 1.29 is 8.42 Å². The van der Waals surface area contributed by atoms with Gasteiger partial charge in [-0.25, -0.2) is 13.1 Å². The van der Waals surface area contributed by atoms with Crippen LogP contribution < -0.4 is 10.0 Å². The van der Waals surface area contributed by atoms with Crippen LogP contribution in [0.3, 0.4) is 0 Å². The average Bonchev–Trinajstić information content (AvgIpc) is 2.77. The van der Waals surface area contributed by atoms with Gasteiger partial charge in [0.25, 0.3) is 0 Å². The Morgan fingerprint density at radius 1 is 1.45 bits per heavy atom. The van der Waals surface area contributed by atoms with Gasteiger partial charge >= 0.3 is 0 Å². The highest BCUT2D eigenvalue weighted by Gasteiger charge is 2.18. The fourth-order valence-electron chi connectivity index (χ4n) is 1.97. The van der Waals surface area contributed by atoms with E-state index in [2.05, 4.69) is 30.9 Å². The Morgan fingerprint density at radius 2 is 2.15 bits per heavy atom. The zero-order valence-corrected chi connectivity index (χ0v) is 14.8. The highest BCUT2D eigenvalue weighted by molar-refractivity contribution is 9.11. The molecule has 114 valence electrons. The SMILES string of the molecule is O=S(=O)(NCCCN1CCNCC1)c1cc(Cl)c(Br)s1. The molecular formula is C11H17BrClN3O2S2. The molecule has 2 heterocycles. The van der Waals surface area contributed by atoms with Crippen molar-refractivity contribution in [3.05, 3.63) is 14.9 Å². The van der Waals surface area contributed by atoms with E-state index in [1.54, 1.807) is 0 Å². The van der Waals surface area contributed by atoms with Gasteiger partial charge in [-0.15, -0.1) is 11.3 Å². The van der Waals surface area contributed by atoms with Crippen molar-refractivity contribution in [2.45, 2.75) is 10.6 Å². The topological polar surface area (TPSA) is 61.4 Å². The molecule has 0 bridgehead atoms. The first-order chi connectivity index (χ1) is 9.49. The van der Waals surface area contributed by atoms with Crippen LogP contribution in [0.1, 0.15) is 6.42 Å². The van der Waals surface area contributed by atoms with Crippen molar-refractivity contribution in [1.82, 2.24) is 14.9 Å². The van der Waals surface area contributed by atoms with E-state index in [4.69, 9.17) is 11.6 Å². The number of thiophene rings is 1. The molecule has 5 nitrogen and oxygen atoms in total. The minimum atomic E-state index is -3.44. The Kier molecular flexibility index (Phi) is 6.27. The highest BCUT2D eigenvalue weighted by Crippen LogP contribution is 2.34. The largest absolute Gasteiger partial charge is 0.314 e. The predicted molar refractivity (Wildman–Crippen MR) is 86.1 cm³/mol. The maximum Gasteiger partial charge on any atom is 0.250 e. The second-order valence-corrected chi connectivity index (χ2v) is 9.30. The smallest absolute Gasteiger partial charge is 0.250 e. The first-order valence-electron chi connectivity index (χ1n) is 6.36. The monoisotopic (exact) mass is 401 g/mol. The molecule has 0 unspecified atom stereocenters. The van der Waals surface area contributed by atoms with E-state index in [1.807, 2.05) is 0 Å². The van der Waals surface area contributed by atoms with Gasteiger partial charge in [-0.05, 0) is 35.0 Å². The van der Waals surface area contributed by atoms with Gasteiger partial charge in [0, 0.05) is 32.7 Å². The van der Waals surface area contributed by atoms with Crippen LogP contribution in [0.5, 0.6) is 0 Å². The molecule has 0 aromatic carbocycles. The molecule has 1 aromatic rings. The summed E-state index contributed by atoms with van der Waals surface area (Å²) in [5, 5.41) is 3.72. The number of piperazine rings is 1. The third-order valence-electron chi connectivity index (χ3n) is 3.04.